The van der Waals surface area contributed by atoms with Gasteiger partial charge in [0, 0.05) is 17.5 Å². The van der Waals surface area contributed by atoms with Gasteiger partial charge in [-0.05, 0) is 70.4 Å². The van der Waals surface area contributed by atoms with Crippen LogP contribution in [-0.4, -0.2) is 17.6 Å². The molecule has 0 aromatic heterocycles. The van der Waals surface area contributed by atoms with E-state index in [0.29, 0.717) is 11.4 Å². The van der Waals surface area contributed by atoms with Crippen LogP contribution in [-0.2, 0) is 16.0 Å². The molecule has 5 nitrogen and oxygen atoms in total. The number of benzene rings is 2. The van der Waals surface area contributed by atoms with Crippen LogP contribution in [0.15, 0.2) is 66.2 Å². The topological polar surface area (TPSA) is 67.4 Å². The monoisotopic (exact) mass is 380 g/mol. The lowest BCUT2D eigenvalue weighted by Gasteiger charge is -2.19. The molecule has 0 atom stereocenters. The fourth-order valence-electron chi connectivity index (χ4n) is 2.52. The summed E-state index contributed by atoms with van der Waals surface area (Å²) in [6.45, 7) is 7.37. The Morgan fingerprint density at radius 2 is 1.50 bits per heavy atom. The van der Waals surface area contributed by atoms with E-state index < -0.39 is 11.7 Å². The Kier molecular flexibility index (Phi) is 7.38. The van der Waals surface area contributed by atoms with Gasteiger partial charge in [-0.15, -0.1) is 0 Å². The molecule has 5 heteroatoms. The van der Waals surface area contributed by atoms with Crippen molar-refractivity contribution in [1.82, 2.24) is 0 Å². The van der Waals surface area contributed by atoms with Crippen LogP contribution in [0.5, 0.6) is 0 Å². The molecule has 0 aliphatic carbocycles. The van der Waals surface area contributed by atoms with E-state index in [1.165, 1.54) is 5.56 Å². The zero-order valence-corrected chi connectivity index (χ0v) is 16.9. The van der Waals surface area contributed by atoms with E-state index in [9.17, 15) is 9.59 Å². The normalized spacial score (nSPS) is 11.6. The molecule has 0 heterocycles. The third-order valence-electron chi connectivity index (χ3n) is 3.83. The first-order chi connectivity index (χ1) is 13.2. The number of hydrogen-bond acceptors (Lipinski definition) is 3. The van der Waals surface area contributed by atoms with Gasteiger partial charge in [0.1, 0.15) is 5.60 Å². The van der Waals surface area contributed by atoms with E-state index in [0.717, 1.165) is 18.4 Å². The third kappa shape index (κ3) is 8.08. The quantitative estimate of drug-likeness (QED) is 0.646. The van der Waals surface area contributed by atoms with Gasteiger partial charge < -0.3 is 10.1 Å². The van der Waals surface area contributed by atoms with Crippen LogP contribution in [0.3, 0.4) is 0 Å². The maximum atomic E-state index is 12.2. The number of rotatable bonds is 6. The number of allylic oxidation sites excluding steroid dienone is 1. The minimum Gasteiger partial charge on any atom is -0.444 e. The molecule has 0 bridgehead atoms. The molecular weight excluding hydrogens is 352 g/mol. The summed E-state index contributed by atoms with van der Waals surface area (Å²) >= 11 is 0. The van der Waals surface area contributed by atoms with Gasteiger partial charge in [-0.2, -0.15) is 0 Å². The second-order valence-electron chi connectivity index (χ2n) is 7.67. The number of amides is 2. The van der Waals surface area contributed by atoms with Gasteiger partial charge >= 0.3 is 6.09 Å². The molecule has 0 aliphatic heterocycles. The van der Waals surface area contributed by atoms with E-state index >= 15 is 0 Å². The molecule has 0 radical (unpaired) electrons. The molecule has 28 heavy (non-hydrogen) atoms. The van der Waals surface area contributed by atoms with Crippen molar-refractivity contribution in [2.45, 2.75) is 46.1 Å². The van der Waals surface area contributed by atoms with Crippen molar-refractivity contribution >= 4 is 23.4 Å². The number of hydrogen-bond donors (Lipinski definition) is 2. The Morgan fingerprint density at radius 3 is 2.07 bits per heavy atom. The van der Waals surface area contributed by atoms with Gasteiger partial charge in [-0.1, -0.05) is 35.9 Å². The molecule has 0 fully saturated rings. The standard InChI is InChI=1S/C23H28N2O3/c1-17(10-11-18-8-6-5-7-9-18)16-21(26)24-19-12-14-20(15-13-19)25-22(27)28-23(2,3)4/h5-9,12-16H,10-11H2,1-4H3,(H,24,26)(H,25,27). The summed E-state index contributed by atoms with van der Waals surface area (Å²) in [5, 5.41) is 5.49. The smallest absolute Gasteiger partial charge is 0.412 e. The average Bonchev–Trinajstić information content (AvgIpc) is 2.61. The fourth-order valence-corrected chi connectivity index (χ4v) is 2.52. The Labute approximate surface area is 166 Å². The first kappa shape index (κ1) is 21.2. The molecule has 0 saturated carbocycles. The molecule has 2 amide bonds. The lowest BCUT2D eigenvalue weighted by atomic mass is 10.1. The van der Waals surface area contributed by atoms with Crippen LogP contribution >= 0.6 is 0 Å². The summed E-state index contributed by atoms with van der Waals surface area (Å²) < 4.78 is 5.21. The van der Waals surface area contributed by atoms with Crippen molar-refractivity contribution in [1.29, 1.82) is 0 Å². The van der Waals surface area contributed by atoms with Crippen molar-refractivity contribution in [3.05, 3.63) is 71.8 Å². The lowest BCUT2D eigenvalue weighted by molar-refractivity contribution is -0.112. The van der Waals surface area contributed by atoms with E-state index in [1.807, 2.05) is 25.1 Å². The third-order valence-corrected chi connectivity index (χ3v) is 3.83. The van der Waals surface area contributed by atoms with E-state index in [2.05, 4.69) is 22.8 Å². The van der Waals surface area contributed by atoms with E-state index in [-0.39, 0.29) is 5.91 Å². The van der Waals surface area contributed by atoms with Crippen molar-refractivity contribution in [2.24, 2.45) is 0 Å². The maximum absolute atomic E-state index is 12.2. The highest BCUT2D eigenvalue weighted by atomic mass is 16.6. The molecule has 2 N–H and O–H groups in total. The van der Waals surface area contributed by atoms with Crippen LogP contribution < -0.4 is 10.6 Å². The van der Waals surface area contributed by atoms with Gasteiger partial charge in [0.2, 0.25) is 5.91 Å². The average molecular weight is 380 g/mol. The second-order valence-corrected chi connectivity index (χ2v) is 7.67. The van der Waals surface area contributed by atoms with Gasteiger partial charge in [-0.3, -0.25) is 10.1 Å². The highest BCUT2D eigenvalue weighted by molar-refractivity contribution is 5.99. The highest BCUT2D eigenvalue weighted by Gasteiger charge is 2.16. The molecule has 0 unspecified atom stereocenters. The highest BCUT2D eigenvalue weighted by Crippen LogP contribution is 2.16. The van der Waals surface area contributed by atoms with Crippen molar-refractivity contribution < 1.29 is 14.3 Å². The lowest BCUT2D eigenvalue weighted by Crippen LogP contribution is -2.27. The summed E-state index contributed by atoms with van der Waals surface area (Å²) in [6.07, 6.45) is 2.84. The van der Waals surface area contributed by atoms with Gasteiger partial charge in [-0.25, -0.2) is 4.79 Å². The molecule has 0 saturated heterocycles. The Balaban J connectivity index is 1.83. The van der Waals surface area contributed by atoms with Crippen LogP contribution in [0.4, 0.5) is 16.2 Å². The van der Waals surface area contributed by atoms with Gasteiger partial charge in [0.15, 0.2) is 0 Å². The Hall–Kier alpha value is -3.08. The zero-order valence-electron chi connectivity index (χ0n) is 16.9. The largest absolute Gasteiger partial charge is 0.444 e. The van der Waals surface area contributed by atoms with Crippen LogP contribution in [0, 0.1) is 0 Å². The van der Waals surface area contributed by atoms with Crippen LogP contribution in [0.1, 0.15) is 39.7 Å². The van der Waals surface area contributed by atoms with Crippen molar-refractivity contribution in [3.8, 4) is 0 Å². The summed E-state index contributed by atoms with van der Waals surface area (Å²) in [6, 6.07) is 17.1. The van der Waals surface area contributed by atoms with Crippen molar-refractivity contribution in [3.63, 3.8) is 0 Å². The molecular formula is C23H28N2O3. The summed E-state index contributed by atoms with van der Waals surface area (Å²) in [5.41, 5.74) is 2.98. The predicted molar refractivity (Wildman–Crippen MR) is 113 cm³/mol. The van der Waals surface area contributed by atoms with E-state index in [4.69, 9.17) is 4.74 Å². The molecule has 148 valence electrons. The number of aryl methyl sites for hydroxylation is 1. The summed E-state index contributed by atoms with van der Waals surface area (Å²) in [4.78, 5) is 23.9. The van der Waals surface area contributed by atoms with Gasteiger partial charge in [0.05, 0.1) is 0 Å². The van der Waals surface area contributed by atoms with Crippen LogP contribution in [0.25, 0.3) is 0 Å². The SMILES string of the molecule is CC(=CC(=O)Nc1ccc(NC(=O)OC(C)(C)C)cc1)CCc1ccccc1. The van der Waals surface area contributed by atoms with Crippen LogP contribution in [0.2, 0.25) is 0 Å². The molecule has 2 rings (SSSR count). The minimum atomic E-state index is -0.553. The summed E-state index contributed by atoms with van der Waals surface area (Å²) in [5.74, 6) is -0.168. The van der Waals surface area contributed by atoms with Crippen molar-refractivity contribution in [2.75, 3.05) is 10.6 Å². The number of anilines is 2. The number of ether oxygens (including phenoxy) is 1. The predicted octanol–water partition coefficient (Wildman–Crippen LogP) is 5.55. The second kappa shape index (κ2) is 9.74. The first-order valence-corrected chi connectivity index (χ1v) is 9.33. The first-order valence-electron chi connectivity index (χ1n) is 9.33. The molecule has 0 spiro atoms. The number of nitrogens with one attached hydrogen (secondary N) is 2. The molecule has 0 aliphatic rings. The van der Waals surface area contributed by atoms with Gasteiger partial charge in [0.25, 0.3) is 0 Å². The summed E-state index contributed by atoms with van der Waals surface area (Å²) in [7, 11) is 0. The minimum absolute atomic E-state index is 0.168. The Morgan fingerprint density at radius 1 is 0.929 bits per heavy atom. The number of carbonyl (C=O) groups is 2. The molecule has 2 aromatic carbocycles. The zero-order chi connectivity index (χ0) is 20.6. The molecule has 2 aromatic rings. The Bertz CT molecular complexity index is 819. The van der Waals surface area contributed by atoms with E-state index in [1.54, 1.807) is 51.1 Å². The maximum Gasteiger partial charge on any atom is 0.412 e. The number of carbonyl (C=O) groups excluding carboxylic acids is 2. The fraction of sp³-hybridized carbons (Fsp3) is 0.304.